The molecule has 1 aliphatic carbocycles. The van der Waals surface area contributed by atoms with Gasteiger partial charge in [0.05, 0.1) is 11.8 Å². The van der Waals surface area contributed by atoms with E-state index >= 15 is 0 Å². The van der Waals surface area contributed by atoms with E-state index in [-0.39, 0.29) is 12.3 Å². The predicted octanol–water partition coefficient (Wildman–Crippen LogP) is 1.32. The second kappa shape index (κ2) is 9.80. The first-order valence-electron chi connectivity index (χ1n) is 10.3. The fourth-order valence-electron chi connectivity index (χ4n) is 4.21. The molecule has 9 heteroatoms. The van der Waals surface area contributed by atoms with Crippen molar-refractivity contribution in [1.29, 1.82) is 0 Å². The summed E-state index contributed by atoms with van der Waals surface area (Å²) in [5.41, 5.74) is 2.81. The average molecular weight is 418 g/mol. The summed E-state index contributed by atoms with van der Waals surface area (Å²) in [6.45, 7) is 2.61. The van der Waals surface area contributed by atoms with Gasteiger partial charge in [-0.15, -0.1) is 0 Å². The summed E-state index contributed by atoms with van der Waals surface area (Å²) in [7, 11) is 3.18. The summed E-state index contributed by atoms with van der Waals surface area (Å²) in [5.74, 6) is -1.95. The third kappa shape index (κ3) is 5.02. The zero-order valence-corrected chi connectivity index (χ0v) is 17.5. The summed E-state index contributed by atoms with van der Waals surface area (Å²) in [6, 6.07) is 10.1. The van der Waals surface area contributed by atoms with Crippen LogP contribution >= 0.6 is 0 Å². The molecule has 0 radical (unpaired) electrons. The van der Waals surface area contributed by atoms with Crippen molar-refractivity contribution in [3.05, 3.63) is 30.3 Å². The van der Waals surface area contributed by atoms with Crippen LogP contribution in [0.5, 0.6) is 0 Å². The topological polar surface area (TPSA) is 102 Å². The van der Waals surface area contributed by atoms with Crippen LogP contribution in [0.4, 0.5) is 10.5 Å². The lowest BCUT2D eigenvalue weighted by molar-refractivity contribution is -0.149. The van der Waals surface area contributed by atoms with Crippen molar-refractivity contribution in [2.24, 2.45) is 11.8 Å². The minimum Gasteiger partial charge on any atom is -0.446 e. The van der Waals surface area contributed by atoms with Gasteiger partial charge in [0, 0.05) is 46.0 Å². The van der Waals surface area contributed by atoms with Gasteiger partial charge in [-0.2, -0.15) is 0 Å². The Hall–Kier alpha value is -2.81. The lowest BCUT2D eigenvalue weighted by Crippen LogP contribution is -2.53. The summed E-state index contributed by atoms with van der Waals surface area (Å²) in [6.07, 6.45) is 0.217. The average Bonchev–Trinajstić information content (AvgIpc) is 2.78. The minimum atomic E-state index is -0.733. The fourth-order valence-corrected chi connectivity index (χ4v) is 4.21. The Morgan fingerprint density at radius 1 is 1.03 bits per heavy atom. The van der Waals surface area contributed by atoms with Crippen LogP contribution in [0, 0.1) is 11.8 Å². The Bertz CT molecular complexity index is 749. The predicted molar refractivity (Wildman–Crippen MR) is 110 cm³/mol. The van der Waals surface area contributed by atoms with Gasteiger partial charge in [-0.1, -0.05) is 18.2 Å². The van der Waals surface area contributed by atoms with E-state index < -0.39 is 29.9 Å². The molecule has 2 fully saturated rings. The number of amides is 3. The minimum absolute atomic E-state index is 0.0753. The van der Waals surface area contributed by atoms with Crippen LogP contribution in [0.3, 0.4) is 0 Å². The van der Waals surface area contributed by atoms with Crippen LogP contribution in [-0.2, 0) is 14.3 Å². The van der Waals surface area contributed by atoms with Gasteiger partial charge in [-0.25, -0.2) is 10.3 Å². The molecule has 30 heavy (non-hydrogen) atoms. The molecule has 2 N–H and O–H groups in total. The third-order valence-electron chi connectivity index (χ3n) is 5.91. The van der Waals surface area contributed by atoms with Crippen LogP contribution in [0.25, 0.3) is 0 Å². The van der Waals surface area contributed by atoms with Crippen LogP contribution < -0.4 is 10.4 Å². The van der Waals surface area contributed by atoms with Gasteiger partial charge in [0.25, 0.3) is 0 Å². The van der Waals surface area contributed by atoms with Gasteiger partial charge in [0.1, 0.15) is 6.10 Å². The molecule has 1 aliphatic heterocycles. The molecule has 0 spiro atoms. The van der Waals surface area contributed by atoms with Gasteiger partial charge >= 0.3 is 6.09 Å². The van der Waals surface area contributed by atoms with Crippen molar-refractivity contribution in [3.8, 4) is 0 Å². The molecule has 0 bridgehead atoms. The SMILES string of the molecule is CN(C)C(=O)O[C@@H]1CC[C@H](C(=O)N2CCN(c3ccccc3)CC2)[C@@H](C(=O)NO)C1. The zero-order chi connectivity index (χ0) is 21.7. The number of carbonyl (C=O) groups is 3. The van der Waals surface area contributed by atoms with E-state index in [1.165, 1.54) is 4.90 Å². The lowest BCUT2D eigenvalue weighted by atomic mass is 9.76. The molecule has 2 aliphatic rings. The Kier molecular flexibility index (Phi) is 7.15. The Labute approximate surface area is 176 Å². The zero-order valence-electron chi connectivity index (χ0n) is 17.5. The summed E-state index contributed by atoms with van der Waals surface area (Å²) in [5, 5.41) is 9.17. The highest BCUT2D eigenvalue weighted by atomic mass is 16.6. The van der Waals surface area contributed by atoms with E-state index in [9.17, 15) is 14.4 Å². The number of carbonyl (C=O) groups excluding carboxylic acids is 3. The second-order valence-corrected chi connectivity index (χ2v) is 8.05. The molecule has 1 aromatic rings. The fraction of sp³-hybridized carbons (Fsp3) is 0.571. The normalized spacial score (nSPS) is 24.2. The Morgan fingerprint density at radius 2 is 1.70 bits per heavy atom. The molecule has 1 saturated carbocycles. The number of nitrogens with zero attached hydrogens (tertiary/aromatic N) is 3. The molecule has 3 atom stereocenters. The van der Waals surface area contributed by atoms with E-state index in [1.54, 1.807) is 24.5 Å². The number of para-hydroxylation sites is 1. The monoisotopic (exact) mass is 418 g/mol. The van der Waals surface area contributed by atoms with Gasteiger partial charge in [-0.3, -0.25) is 14.8 Å². The van der Waals surface area contributed by atoms with Crippen molar-refractivity contribution < 1.29 is 24.3 Å². The smallest absolute Gasteiger partial charge is 0.409 e. The molecule has 0 aromatic heterocycles. The van der Waals surface area contributed by atoms with Crippen molar-refractivity contribution in [3.63, 3.8) is 0 Å². The van der Waals surface area contributed by atoms with Crippen LogP contribution in [0.15, 0.2) is 30.3 Å². The standard InChI is InChI=1S/C21H30N4O5/c1-23(2)21(28)30-16-8-9-17(18(14-16)19(26)22-29)20(27)25-12-10-24(11-13-25)15-6-4-3-5-7-15/h3-7,16-18,29H,8-14H2,1-2H3,(H,22,26)/t16-,17+,18+/m1/s1. The first-order chi connectivity index (χ1) is 14.4. The van der Waals surface area contributed by atoms with Gasteiger partial charge < -0.3 is 19.4 Å². The third-order valence-corrected chi connectivity index (χ3v) is 5.91. The molecule has 3 amide bonds. The number of hydroxylamine groups is 1. The number of hydrogen-bond donors (Lipinski definition) is 2. The van der Waals surface area contributed by atoms with E-state index in [0.29, 0.717) is 25.9 Å². The number of nitrogens with one attached hydrogen (secondary N) is 1. The first-order valence-corrected chi connectivity index (χ1v) is 10.3. The molecule has 1 heterocycles. The Balaban J connectivity index is 1.61. The van der Waals surface area contributed by atoms with Crippen LogP contribution in [-0.4, -0.2) is 79.3 Å². The second-order valence-electron chi connectivity index (χ2n) is 8.05. The maximum absolute atomic E-state index is 13.2. The first kappa shape index (κ1) is 21.9. The molecule has 1 aromatic carbocycles. The van der Waals surface area contributed by atoms with E-state index in [0.717, 1.165) is 18.8 Å². The number of piperazine rings is 1. The summed E-state index contributed by atoms with van der Waals surface area (Å²) in [4.78, 5) is 42.7. The van der Waals surface area contributed by atoms with Gasteiger partial charge in [0.15, 0.2) is 0 Å². The number of rotatable bonds is 4. The molecular weight excluding hydrogens is 388 g/mol. The molecule has 1 saturated heterocycles. The number of benzene rings is 1. The molecule has 9 nitrogen and oxygen atoms in total. The van der Waals surface area contributed by atoms with Gasteiger partial charge in [0.2, 0.25) is 11.8 Å². The molecule has 3 rings (SSSR count). The highest BCUT2D eigenvalue weighted by Gasteiger charge is 2.42. The Morgan fingerprint density at radius 3 is 2.30 bits per heavy atom. The largest absolute Gasteiger partial charge is 0.446 e. The highest BCUT2D eigenvalue weighted by molar-refractivity contribution is 5.87. The molecule has 164 valence electrons. The summed E-state index contributed by atoms with van der Waals surface area (Å²) < 4.78 is 5.41. The van der Waals surface area contributed by atoms with Crippen molar-refractivity contribution in [1.82, 2.24) is 15.3 Å². The summed E-state index contributed by atoms with van der Waals surface area (Å²) >= 11 is 0. The van der Waals surface area contributed by atoms with Crippen molar-refractivity contribution in [2.75, 3.05) is 45.2 Å². The van der Waals surface area contributed by atoms with Crippen molar-refractivity contribution >= 4 is 23.6 Å². The van der Waals surface area contributed by atoms with E-state index in [2.05, 4.69) is 17.0 Å². The number of anilines is 1. The van der Waals surface area contributed by atoms with E-state index in [4.69, 9.17) is 9.94 Å². The van der Waals surface area contributed by atoms with Crippen molar-refractivity contribution in [2.45, 2.75) is 25.4 Å². The van der Waals surface area contributed by atoms with Gasteiger partial charge in [-0.05, 0) is 31.4 Å². The number of ether oxygens (including phenoxy) is 1. The maximum atomic E-state index is 13.2. The molecule has 0 unspecified atom stereocenters. The van der Waals surface area contributed by atoms with Crippen LogP contribution in [0.2, 0.25) is 0 Å². The molecular formula is C21H30N4O5. The van der Waals surface area contributed by atoms with E-state index in [1.807, 2.05) is 18.2 Å². The van der Waals surface area contributed by atoms with Crippen LogP contribution in [0.1, 0.15) is 19.3 Å². The maximum Gasteiger partial charge on any atom is 0.409 e. The lowest BCUT2D eigenvalue weighted by Gasteiger charge is -2.40. The quantitative estimate of drug-likeness (QED) is 0.565. The number of hydrogen-bond acceptors (Lipinski definition) is 6. The highest BCUT2D eigenvalue weighted by Crippen LogP contribution is 2.34.